The van der Waals surface area contributed by atoms with Crippen LogP contribution in [0.3, 0.4) is 0 Å². The van der Waals surface area contributed by atoms with Gasteiger partial charge in [-0.25, -0.2) is 10.2 Å². The van der Waals surface area contributed by atoms with Crippen LogP contribution in [0.15, 0.2) is 77.9 Å². The number of hydrogen-bond donors (Lipinski definition) is 2. The first-order valence-electron chi connectivity index (χ1n) is 9.52. The van der Waals surface area contributed by atoms with E-state index in [4.69, 9.17) is 16.3 Å². The molecule has 7 nitrogen and oxygen atoms in total. The molecule has 0 atom stereocenters. The summed E-state index contributed by atoms with van der Waals surface area (Å²) >= 11 is 5.98. The molecule has 174 valence electrons. The van der Waals surface area contributed by atoms with Gasteiger partial charge in [-0.2, -0.15) is 18.3 Å². The molecule has 3 rings (SSSR count). The highest BCUT2D eigenvalue weighted by atomic mass is 35.5. The van der Waals surface area contributed by atoms with Gasteiger partial charge in [-0.3, -0.25) is 9.59 Å². The number of hydrazone groups is 1. The number of ether oxygens (including phenoxy) is 1. The van der Waals surface area contributed by atoms with Crippen LogP contribution >= 0.6 is 11.6 Å². The van der Waals surface area contributed by atoms with Gasteiger partial charge in [0.1, 0.15) is 5.75 Å². The Kier molecular flexibility index (Phi) is 7.64. The largest absolute Gasteiger partial charge is 0.423 e. The predicted molar refractivity (Wildman–Crippen MR) is 119 cm³/mol. The average molecular weight is 490 g/mol. The highest BCUT2D eigenvalue weighted by Gasteiger charge is 2.30. The minimum absolute atomic E-state index is 0.00478. The van der Waals surface area contributed by atoms with E-state index < -0.39 is 29.5 Å². The predicted octanol–water partition coefficient (Wildman–Crippen LogP) is 4.67. The van der Waals surface area contributed by atoms with Crippen molar-refractivity contribution in [2.75, 3.05) is 5.32 Å². The van der Waals surface area contributed by atoms with Crippen molar-refractivity contribution in [1.82, 2.24) is 5.43 Å². The van der Waals surface area contributed by atoms with Gasteiger partial charge in [-0.1, -0.05) is 35.9 Å². The zero-order chi connectivity index (χ0) is 24.7. The lowest BCUT2D eigenvalue weighted by Gasteiger charge is -2.08. The van der Waals surface area contributed by atoms with Crippen molar-refractivity contribution in [2.24, 2.45) is 5.10 Å². The van der Waals surface area contributed by atoms with Crippen molar-refractivity contribution >= 4 is 41.3 Å². The normalized spacial score (nSPS) is 11.2. The number of carbonyl (C=O) groups is 3. The summed E-state index contributed by atoms with van der Waals surface area (Å²) in [5.41, 5.74) is 1.74. The summed E-state index contributed by atoms with van der Waals surface area (Å²) < 4.78 is 43.0. The molecule has 3 aromatic carbocycles. The molecule has 0 saturated heterocycles. The van der Waals surface area contributed by atoms with Gasteiger partial charge in [0, 0.05) is 5.69 Å². The maximum Gasteiger partial charge on any atom is 0.416 e. The Morgan fingerprint density at radius 2 is 1.62 bits per heavy atom. The summed E-state index contributed by atoms with van der Waals surface area (Å²) in [5.74, 6) is -2.73. The van der Waals surface area contributed by atoms with E-state index in [9.17, 15) is 27.6 Å². The number of carbonyl (C=O) groups excluding carboxylic acids is 3. The van der Waals surface area contributed by atoms with Crippen LogP contribution in [0.1, 0.15) is 21.5 Å². The fraction of sp³-hybridized carbons (Fsp3) is 0.0435. The van der Waals surface area contributed by atoms with Crippen LogP contribution < -0.4 is 15.5 Å². The third-order valence-corrected chi connectivity index (χ3v) is 4.55. The molecule has 0 aromatic heterocycles. The zero-order valence-electron chi connectivity index (χ0n) is 17.1. The van der Waals surface area contributed by atoms with Crippen LogP contribution in [-0.4, -0.2) is 24.0 Å². The van der Waals surface area contributed by atoms with Gasteiger partial charge in [-0.15, -0.1) is 0 Å². The van der Waals surface area contributed by atoms with Gasteiger partial charge < -0.3 is 10.1 Å². The Labute approximate surface area is 196 Å². The molecular formula is C23H15ClF3N3O4. The van der Waals surface area contributed by atoms with Crippen LogP contribution in [0.25, 0.3) is 0 Å². The van der Waals surface area contributed by atoms with Crippen molar-refractivity contribution in [2.45, 2.75) is 6.18 Å². The first-order valence-corrected chi connectivity index (χ1v) is 9.90. The Bertz CT molecular complexity index is 1240. The number of amides is 2. The SMILES string of the molecule is O=C(N/N=C/c1cccc(OC(=O)c2ccccc2Cl)c1)C(=O)Nc1ccc(C(F)(F)F)cc1. The van der Waals surface area contributed by atoms with Crippen molar-refractivity contribution < 1.29 is 32.3 Å². The van der Waals surface area contributed by atoms with E-state index >= 15 is 0 Å². The molecular weight excluding hydrogens is 475 g/mol. The standard InChI is InChI=1S/C23H15ClF3N3O4/c24-19-7-2-1-6-18(19)22(33)34-17-5-3-4-14(12-17)13-28-30-21(32)20(31)29-16-10-8-15(9-11-16)23(25,26)27/h1-13H,(H,29,31)(H,30,32)/b28-13+. The second kappa shape index (κ2) is 10.6. The molecule has 34 heavy (non-hydrogen) atoms. The lowest BCUT2D eigenvalue weighted by molar-refractivity contribution is -0.137. The number of hydrogen-bond acceptors (Lipinski definition) is 5. The van der Waals surface area contributed by atoms with E-state index in [1.807, 2.05) is 5.43 Å². The van der Waals surface area contributed by atoms with Gasteiger partial charge >= 0.3 is 24.0 Å². The molecule has 11 heteroatoms. The van der Waals surface area contributed by atoms with Gasteiger partial charge in [0.15, 0.2) is 0 Å². The van der Waals surface area contributed by atoms with E-state index in [2.05, 4.69) is 10.4 Å². The fourth-order valence-corrected chi connectivity index (χ4v) is 2.81. The van der Waals surface area contributed by atoms with Gasteiger partial charge in [0.2, 0.25) is 0 Å². The number of anilines is 1. The molecule has 2 amide bonds. The molecule has 0 aliphatic rings. The quantitative estimate of drug-likeness (QED) is 0.179. The maximum absolute atomic E-state index is 12.6. The Balaban J connectivity index is 1.55. The number of nitrogens with one attached hydrogen (secondary N) is 2. The van der Waals surface area contributed by atoms with Crippen LogP contribution in [0, 0.1) is 0 Å². The van der Waals surface area contributed by atoms with E-state index in [-0.39, 0.29) is 22.0 Å². The van der Waals surface area contributed by atoms with Gasteiger partial charge in [0.05, 0.1) is 22.4 Å². The Morgan fingerprint density at radius 3 is 2.29 bits per heavy atom. The highest BCUT2D eigenvalue weighted by molar-refractivity contribution is 6.39. The van der Waals surface area contributed by atoms with Crippen LogP contribution in [-0.2, 0) is 15.8 Å². The molecule has 0 aliphatic carbocycles. The van der Waals surface area contributed by atoms with Gasteiger partial charge in [-0.05, 0) is 54.1 Å². The van der Waals surface area contributed by atoms with Crippen LogP contribution in [0.5, 0.6) is 5.75 Å². The number of nitrogens with zero attached hydrogens (tertiary/aromatic N) is 1. The fourth-order valence-electron chi connectivity index (χ4n) is 2.59. The minimum Gasteiger partial charge on any atom is -0.423 e. The first kappa shape index (κ1) is 24.5. The lowest BCUT2D eigenvalue weighted by atomic mass is 10.2. The second-order valence-corrected chi connectivity index (χ2v) is 7.08. The van der Waals surface area contributed by atoms with E-state index in [0.29, 0.717) is 5.56 Å². The highest BCUT2D eigenvalue weighted by Crippen LogP contribution is 2.29. The second-order valence-electron chi connectivity index (χ2n) is 6.67. The topological polar surface area (TPSA) is 96.9 Å². The Morgan fingerprint density at radius 1 is 0.912 bits per heavy atom. The summed E-state index contributed by atoms with van der Waals surface area (Å²) in [7, 11) is 0. The summed E-state index contributed by atoms with van der Waals surface area (Å²) in [5, 5.41) is 6.05. The average Bonchev–Trinajstić information content (AvgIpc) is 2.79. The minimum atomic E-state index is -4.52. The molecule has 3 aromatic rings. The zero-order valence-corrected chi connectivity index (χ0v) is 17.9. The number of alkyl halides is 3. The molecule has 0 spiro atoms. The molecule has 0 unspecified atom stereocenters. The Hall–Kier alpha value is -4.18. The monoisotopic (exact) mass is 489 g/mol. The summed E-state index contributed by atoms with van der Waals surface area (Å²) in [6, 6.07) is 16.2. The summed E-state index contributed by atoms with van der Waals surface area (Å²) in [6.07, 6.45) is -3.31. The third-order valence-electron chi connectivity index (χ3n) is 4.22. The molecule has 0 aliphatic heterocycles. The van der Waals surface area contributed by atoms with Gasteiger partial charge in [0.25, 0.3) is 0 Å². The first-order chi connectivity index (χ1) is 16.1. The van der Waals surface area contributed by atoms with Crippen molar-refractivity contribution in [3.05, 3.63) is 94.5 Å². The molecule has 0 bridgehead atoms. The number of esters is 1. The van der Waals surface area contributed by atoms with E-state index in [0.717, 1.165) is 24.3 Å². The van der Waals surface area contributed by atoms with Crippen LogP contribution in [0.2, 0.25) is 5.02 Å². The molecule has 0 saturated carbocycles. The molecule has 2 N–H and O–H groups in total. The molecule has 0 heterocycles. The maximum atomic E-state index is 12.6. The van der Waals surface area contributed by atoms with E-state index in [1.54, 1.807) is 30.3 Å². The van der Waals surface area contributed by atoms with Crippen molar-refractivity contribution in [1.29, 1.82) is 0 Å². The molecule has 0 fully saturated rings. The number of halogens is 4. The van der Waals surface area contributed by atoms with Crippen LogP contribution in [0.4, 0.5) is 18.9 Å². The summed E-state index contributed by atoms with van der Waals surface area (Å²) in [4.78, 5) is 36.0. The smallest absolute Gasteiger partial charge is 0.416 e. The third kappa shape index (κ3) is 6.66. The molecule has 0 radical (unpaired) electrons. The van der Waals surface area contributed by atoms with Crippen molar-refractivity contribution in [3.63, 3.8) is 0 Å². The number of benzene rings is 3. The summed E-state index contributed by atoms with van der Waals surface area (Å²) in [6.45, 7) is 0. The lowest BCUT2D eigenvalue weighted by Crippen LogP contribution is -2.32. The van der Waals surface area contributed by atoms with E-state index in [1.165, 1.54) is 24.4 Å². The van der Waals surface area contributed by atoms with Crippen molar-refractivity contribution in [3.8, 4) is 5.75 Å². The number of rotatable bonds is 5.